The molecule has 3 rings (SSSR count). The molecule has 0 amide bonds. The largest absolute Gasteiger partial charge is 0.388 e. The number of nitrogens with one attached hydrogen (secondary N) is 1. The second kappa shape index (κ2) is 5.26. The van der Waals surface area contributed by atoms with Crippen LogP contribution in [0, 0.1) is 5.92 Å². The Balaban J connectivity index is 1.97. The Hall–Kier alpha value is -0.860. The summed E-state index contributed by atoms with van der Waals surface area (Å²) < 4.78 is 0. The number of rotatable bonds is 2. The number of aliphatic hydroxyl groups is 1. The number of hydrogen-bond donors (Lipinski definition) is 2. The minimum absolute atomic E-state index is 0.127. The van der Waals surface area contributed by atoms with Crippen LogP contribution in [0.2, 0.25) is 0 Å². The lowest BCUT2D eigenvalue weighted by atomic mass is 9.67. The molecule has 0 spiro atoms. The van der Waals surface area contributed by atoms with Crippen LogP contribution in [0.1, 0.15) is 56.2 Å². The molecule has 3 atom stereocenters. The van der Waals surface area contributed by atoms with Gasteiger partial charge in [0.15, 0.2) is 0 Å². The van der Waals surface area contributed by atoms with Crippen LogP contribution in [0.3, 0.4) is 0 Å². The Kier molecular flexibility index (Phi) is 3.64. The zero-order chi connectivity index (χ0) is 13.3. The maximum absolute atomic E-state index is 11.3. The first-order valence-corrected chi connectivity index (χ1v) is 7.79. The van der Waals surface area contributed by atoms with Gasteiger partial charge in [0.1, 0.15) is 0 Å². The molecule has 1 aliphatic heterocycles. The number of benzene rings is 1. The van der Waals surface area contributed by atoms with E-state index in [-0.39, 0.29) is 6.04 Å². The molecule has 2 heteroatoms. The normalized spacial score (nSPS) is 34.8. The Morgan fingerprint density at radius 2 is 2.16 bits per heavy atom. The molecule has 1 aromatic rings. The van der Waals surface area contributed by atoms with Crippen molar-refractivity contribution in [3.63, 3.8) is 0 Å². The number of hydrogen-bond acceptors (Lipinski definition) is 2. The average molecular weight is 259 g/mol. The minimum atomic E-state index is -0.552. The van der Waals surface area contributed by atoms with E-state index in [0.29, 0.717) is 5.92 Å². The first kappa shape index (κ1) is 13.1. The molecule has 2 aliphatic rings. The highest BCUT2D eigenvalue weighted by molar-refractivity contribution is 5.34. The first-order valence-electron chi connectivity index (χ1n) is 7.79. The van der Waals surface area contributed by atoms with Gasteiger partial charge in [-0.1, -0.05) is 50.5 Å². The maximum atomic E-state index is 11.3. The van der Waals surface area contributed by atoms with Crippen LogP contribution in [0.15, 0.2) is 24.3 Å². The average Bonchev–Trinajstić information content (AvgIpc) is 2.47. The Morgan fingerprint density at radius 3 is 3.00 bits per heavy atom. The van der Waals surface area contributed by atoms with E-state index in [4.69, 9.17) is 0 Å². The molecule has 0 aromatic heterocycles. The molecule has 104 valence electrons. The van der Waals surface area contributed by atoms with Crippen molar-refractivity contribution in [2.45, 2.75) is 57.1 Å². The Morgan fingerprint density at radius 1 is 1.32 bits per heavy atom. The fourth-order valence-corrected chi connectivity index (χ4v) is 4.14. The molecule has 3 unspecified atom stereocenters. The van der Waals surface area contributed by atoms with Crippen molar-refractivity contribution in [1.82, 2.24) is 5.32 Å². The summed E-state index contributed by atoms with van der Waals surface area (Å²) in [7, 11) is 0. The summed E-state index contributed by atoms with van der Waals surface area (Å²) in [6.07, 6.45) is 6.71. The van der Waals surface area contributed by atoms with Gasteiger partial charge < -0.3 is 10.4 Å². The van der Waals surface area contributed by atoms with E-state index in [9.17, 15) is 5.11 Å². The lowest BCUT2D eigenvalue weighted by Crippen LogP contribution is -2.53. The van der Waals surface area contributed by atoms with Gasteiger partial charge in [0.25, 0.3) is 0 Å². The van der Waals surface area contributed by atoms with Gasteiger partial charge >= 0.3 is 0 Å². The van der Waals surface area contributed by atoms with Gasteiger partial charge in [0.2, 0.25) is 0 Å². The molecule has 1 saturated carbocycles. The van der Waals surface area contributed by atoms with Gasteiger partial charge in [-0.05, 0) is 42.9 Å². The van der Waals surface area contributed by atoms with Crippen molar-refractivity contribution in [1.29, 1.82) is 0 Å². The van der Waals surface area contributed by atoms with Gasteiger partial charge in [0, 0.05) is 0 Å². The lowest BCUT2D eigenvalue weighted by molar-refractivity contribution is -0.0816. The second-order valence-corrected chi connectivity index (χ2v) is 6.18. The molecular formula is C17H25NO. The fourth-order valence-electron chi connectivity index (χ4n) is 4.14. The lowest BCUT2D eigenvalue weighted by Gasteiger charge is -2.47. The van der Waals surface area contributed by atoms with Gasteiger partial charge in [-0.3, -0.25) is 0 Å². The van der Waals surface area contributed by atoms with Crippen molar-refractivity contribution < 1.29 is 5.11 Å². The highest BCUT2D eigenvalue weighted by atomic mass is 16.3. The summed E-state index contributed by atoms with van der Waals surface area (Å²) >= 11 is 0. The monoisotopic (exact) mass is 259 g/mol. The molecule has 2 N–H and O–H groups in total. The quantitative estimate of drug-likeness (QED) is 0.855. The smallest absolute Gasteiger partial charge is 0.0869 e. The van der Waals surface area contributed by atoms with E-state index >= 15 is 0 Å². The zero-order valence-corrected chi connectivity index (χ0v) is 11.9. The van der Waals surface area contributed by atoms with E-state index in [1.54, 1.807) is 0 Å². The van der Waals surface area contributed by atoms with E-state index in [0.717, 1.165) is 32.2 Å². The van der Waals surface area contributed by atoms with Gasteiger partial charge in [0.05, 0.1) is 11.6 Å². The van der Waals surface area contributed by atoms with Crippen molar-refractivity contribution in [2.75, 3.05) is 6.54 Å². The van der Waals surface area contributed by atoms with Crippen LogP contribution < -0.4 is 5.32 Å². The third-order valence-corrected chi connectivity index (χ3v) is 5.19. The summed E-state index contributed by atoms with van der Waals surface area (Å²) in [4.78, 5) is 0. The summed E-state index contributed by atoms with van der Waals surface area (Å²) in [6, 6.07) is 8.76. The van der Waals surface area contributed by atoms with Crippen molar-refractivity contribution in [3.8, 4) is 0 Å². The molecule has 2 nitrogen and oxygen atoms in total. The van der Waals surface area contributed by atoms with E-state index in [1.807, 2.05) is 0 Å². The zero-order valence-electron chi connectivity index (χ0n) is 11.9. The Labute approximate surface area is 116 Å². The summed E-state index contributed by atoms with van der Waals surface area (Å²) in [5.41, 5.74) is 2.19. The molecule has 0 radical (unpaired) electrons. The standard InChI is InChI=1S/C17H25NO/c1-2-14-8-5-6-11-17(14,19)16-15-9-4-3-7-13(15)10-12-18-16/h3-4,7,9,14,16,18-19H,2,5-6,8,10-12H2,1H3. The fraction of sp³-hybridized carbons (Fsp3) is 0.647. The molecular weight excluding hydrogens is 234 g/mol. The third-order valence-electron chi connectivity index (χ3n) is 5.19. The number of fused-ring (bicyclic) bond motifs is 1. The van der Waals surface area contributed by atoms with Crippen molar-refractivity contribution in [3.05, 3.63) is 35.4 Å². The SMILES string of the molecule is CCC1CCCCC1(O)C1NCCc2ccccc21. The highest BCUT2D eigenvalue weighted by Crippen LogP contribution is 2.45. The molecule has 1 aliphatic carbocycles. The van der Waals surface area contributed by atoms with Crippen LogP contribution in [0.4, 0.5) is 0 Å². The van der Waals surface area contributed by atoms with Crippen molar-refractivity contribution in [2.24, 2.45) is 5.92 Å². The topological polar surface area (TPSA) is 32.3 Å². The van der Waals surface area contributed by atoms with Crippen LogP contribution in [-0.4, -0.2) is 17.3 Å². The first-order chi connectivity index (χ1) is 9.25. The van der Waals surface area contributed by atoms with E-state index < -0.39 is 5.60 Å². The van der Waals surface area contributed by atoms with Gasteiger partial charge in [-0.15, -0.1) is 0 Å². The predicted octanol–water partition coefficient (Wildman–Crippen LogP) is 3.20. The predicted molar refractivity (Wildman–Crippen MR) is 78.1 cm³/mol. The van der Waals surface area contributed by atoms with E-state index in [1.165, 1.54) is 24.0 Å². The molecule has 0 saturated heterocycles. The maximum Gasteiger partial charge on any atom is 0.0869 e. The van der Waals surface area contributed by atoms with Crippen LogP contribution in [0.25, 0.3) is 0 Å². The van der Waals surface area contributed by atoms with E-state index in [2.05, 4.69) is 36.5 Å². The minimum Gasteiger partial charge on any atom is -0.388 e. The summed E-state index contributed by atoms with van der Waals surface area (Å²) in [6.45, 7) is 3.20. The second-order valence-electron chi connectivity index (χ2n) is 6.18. The van der Waals surface area contributed by atoms with Crippen molar-refractivity contribution >= 4 is 0 Å². The third kappa shape index (κ3) is 2.21. The summed E-state index contributed by atoms with van der Waals surface area (Å²) in [5.74, 6) is 0.435. The Bertz CT molecular complexity index is 445. The van der Waals surface area contributed by atoms with Gasteiger partial charge in [-0.2, -0.15) is 0 Å². The molecule has 1 fully saturated rings. The molecule has 1 aromatic carbocycles. The molecule has 1 heterocycles. The molecule has 19 heavy (non-hydrogen) atoms. The van der Waals surface area contributed by atoms with Crippen LogP contribution >= 0.6 is 0 Å². The van der Waals surface area contributed by atoms with Crippen LogP contribution in [0.5, 0.6) is 0 Å². The summed E-state index contributed by atoms with van der Waals surface area (Å²) in [5, 5.41) is 14.9. The highest BCUT2D eigenvalue weighted by Gasteiger charge is 2.46. The molecule has 0 bridgehead atoms. The van der Waals surface area contributed by atoms with Crippen LogP contribution in [-0.2, 0) is 6.42 Å². The van der Waals surface area contributed by atoms with Gasteiger partial charge in [-0.25, -0.2) is 0 Å².